The second-order valence-corrected chi connectivity index (χ2v) is 10.5. The molecule has 0 aliphatic heterocycles. The first kappa shape index (κ1) is 28.9. The largest absolute Gasteiger partial charge is 0.429 e. The van der Waals surface area contributed by atoms with Crippen molar-refractivity contribution in [3.8, 4) is 28.0 Å². The highest BCUT2D eigenvalue weighted by atomic mass is 19.3. The van der Waals surface area contributed by atoms with Crippen LogP contribution in [0.3, 0.4) is 0 Å². The Morgan fingerprint density at radius 3 is 1.90 bits per heavy atom. The van der Waals surface area contributed by atoms with Gasteiger partial charge in [0.25, 0.3) is 0 Å². The van der Waals surface area contributed by atoms with Crippen LogP contribution >= 0.6 is 0 Å². The van der Waals surface area contributed by atoms with Crippen LogP contribution in [0.5, 0.6) is 5.75 Å². The fraction of sp³-hybridized carbons (Fsp3) is 0.312. The van der Waals surface area contributed by atoms with Crippen molar-refractivity contribution in [1.29, 1.82) is 0 Å². The maximum atomic E-state index is 15.5. The van der Waals surface area contributed by atoms with E-state index in [2.05, 4.69) is 0 Å². The van der Waals surface area contributed by atoms with Gasteiger partial charge in [-0.3, -0.25) is 0 Å². The van der Waals surface area contributed by atoms with Gasteiger partial charge in [0.05, 0.1) is 11.3 Å². The van der Waals surface area contributed by atoms with Crippen LogP contribution in [0.2, 0.25) is 0 Å². The molecular formula is C32H26F8O. The molecule has 0 aromatic heterocycles. The highest BCUT2D eigenvalue weighted by molar-refractivity contribution is 5.90. The van der Waals surface area contributed by atoms with Crippen LogP contribution in [-0.2, 0) is 0 Å². The molecule has 0 saturated heterocycles. The summed E-state index contributed by atoms with van der Waals surface area (Å²) in [7, 11) is 0. The van der Waals surface area contributed by atoms with E-state index in [1.807, 2.05) is 6.92 Å². The Morgan fingerprint density at radius 2 is 1.29 bits per heavy atom. The normalized spacial score (nSPS) is 17.7. The van der Waals surface area contributed by atoms with Crippen LogP contribution < -0.4 is 4.74 Å². The van der Waals surface area contributed by atoms with Crippen molar-refractivity contribution in [2.75, 3.05) is 0 Å². The summed E-state index contributed by atoms with van der Waals surface area (Å²) in [5, 5.41) is -0.904. The van der Waals surface area contributed by atoms with Crippen LogP contribution in [0.4, 0.5) is 35.1 Å². The van der Waals surface area contributed by atoms with E-state index in [0.717, 1.165) is 31.0 Å². The van der Waals surface area contributed by atoms with E-state index in [4.69, 9.17) is 4.74 Å². The van der Waals surface area contributed by atoms with Gasteiger partial charge in [0, 0.05) is 5.56 Å². The minimum atomic E-state index is -3.73. The smallest absolute Gasteiger partial charge is 0.400 e. The molecule has 0 N–H and O–H groups in total. The molecule has 216 valence electrons. The standard InChI is InChI=1S/C32H26F8O/c1-2-3-17-4-11-22(12-5-17)32(39,40)41-26-16-20-10-13-23(28(35)27(20)31(38)30(26)37)19-8-6-18(7-9-19)21-14-24(33)29(36)25(34)15-21/h6-10,13-17,22H,2-5,11-12H2,1H3. The molecule has 4 aromatic rings. The number of ether oxygens (including phenoxy) is 1. The molecule has 1 nitrogen and oxygen atoms in total. The van der Waals surface area contributed by atoms with Crippen molar-refractivity contribution < 1.29 is 39.9 Å². The van der Waals surface area contributed by atoms with E-state index in [9.17, 15) is 26.3 Å². The molecule has 1 fully saturated rings. The maximum Gasteiger partial charge on any atom is 0.400 e. The predicted molar refractivity (Wildman–Crippen MR) is 140 cm³/mol. The molecule has 0 atom stereocenters. The Bertz CT molecular complexity index is 1550. The number of alkyl halides is 2. The monoisotopic (exact) mass is 578 g/mol. The summed E-state index contributed by atoms with van der Waals surface area (Å²) in [5.74, 6) is -10.6. The summed E-state index contributed by atoms with van der Waals surface area (Å²) < 4.78 is 121. The molecule has 1 aliphatic rings. The molecule has 4 aromatic carbocycles. The van der Waals surface area contributed by atoms with Crippen molar-refractivity contribution in [2.45, 2.75) is 51.6 Å². The maximum absolute atomic E-state index is 15.5. The second kappa shape index (κ2) is 11.3. The number of hydrogen-bond donors (Lipinski definition) is 0. The summed E-state index contributed by atoms with van der Waals surface area (Å²) in [5.41, 5.74) is 0.438. The molecule has 0 spiro atoms. The lowest BCUT2D eigenvalue weighted by molar-refractivity contribution is -0.224. The van der Waals surface area contributed by atoms with E-state index < -0.39 is 58.1 Å². The van der Waals surface area contributed by atoms with E-state index in [-0.39, 0.29) is 34.9 Å². The first-order chi connectivity index (χ1) is 19.5. The summed E-state index contributed by atoms with van der Waals surface area (Å²) in [4.78, 5) is 0. The van der Waals surface area contributed by atoms with E-state index in [1.165, 1.54) is 36.4 Å². The fourth-order valence-electron chi connectivity index (χ4n) is 5.64. The van der Waals surface area contributed by atoms with Gasteiger partial charge in [-0.25, -0.2) is 22.0 Å². The molecular weight excluding hydrogens is 552 g/mol. The third kappa shape index (κ3) is 5.63. The zero-order valence-corrected chi connectivity index (χ0v) is 22.0. The number of rotatable bonds is 7. The van der Waals surface area contributed by atoms with Gasteiger partial charge in [0.15, 0.2) is 29.0 Å². The van der Waals surface area contributed by atoms with Gasteiger partial charge in [-0.15, -0.1) is 0 Å². The Balaban J connectivity index is 1.42. The van der Waals surface area contributed by atoms with Crippen molar-refractivity contribution in [3.05, 3.63) is 89.5 Å². The zero-order chi connectivity index (χ0) is 29.5. The first-order valence-corrected chi connectivity index (χ1v) is 13.4. The van der Waals surface area contributed by atoms with Crippen molar-refractivity contribution in [1.82, 2.24) is 0 Å². The molecule has 5 rings (SSSR count). The SMILES string of the molecule is CCCC1CCC(C(F)(F)Oc2cc3ccc(-c4ccc(-c5cc(F)c(F)c(F)c5)cc4)c(F)c3c(F)c2F)CC1. The summed E-state index contributed by atoms with van der Waals surface area (Å²) in [6.07, 6.45) is -0.179. The van der Waals surface area contributed by atoms with Crippen LogP contribution in [0.1, 0.15) is 45.4 Å². The Labute approximate surface area is 231 Å². The van der Waals surface area contributed by atoms with Gasteiger partial charge in [-0.2, -0.15) is 13.2 Å². The van der Waals surface area contributed by atoms with Crippen LogP contribution in [0.25, 0.3) is 33.0 Å². The van der Waals surface area contributed by atoms with Crippen molar-refractivity contribution >= 4 is 10.8 Å². The molecule has 0 radical (unpaired) electrons. The summed E-state index contributed by atoms with van der Waals surface area (Å²) in [6, 6.07) is 10.6. The van der Waals surface area contributed by atoms with Crippen molar-refractivity contribution in [3.63, 3.8) is 0 Å². The quantitative estimate of drug-likeness (QED) is 0.157. The van der Waals surface area contributed by atoms with Crippen LogP contribution in [0.15, 0.2) is 54.6 Å². The first-order valence-electron chi connectivity index (χ1n) is 13.4. The van der Waals surface area contributed by atoms with Gasteiger partial charge in [-0.05, 0) is 71.9 Å². The average molecular weight is 579 g/mol. The average Bonchev–Trinajstić information content (AvgIpc) is 2.95. The van der Waals surface area contributed by atoms with E-state index in [1.54, 1.807) is 0 Å². The predicted octanol–water partition coefficient (Wildman–Crippen LogP) is 10.6. The lowest BCUT2D eigenvalue weighted by atomic mass is 9.79. The minimum Gasteiger partial charge on any atom is -0.429 e. The second-order valence-electron chi connectivity index (χ2n) is 10.5. The molecule has 41 heavy (non-hydrogen) atoms. The Hall–Kier alpha value is -3.62. The molecule has 1 aliphatic carbocycles. The lowest BCUT2D eigenvalue weighted by Crippen LogP contribution is -2.37. The topological polar surface area (TPSA) is 9.23 Å². The third-order valence-electron chi connectivity index (χ3n) is 7.87. The minimum absolute atomic E-state index is 0.0402. The number of halogens is 8. The molecule has 1 saturated carbocycles. The van der Waals surface area contributed by atoms with Gasteiger partial charge in [0.2, 0.25) is 5.82 Å². The summed E-state index contributed by atoms with van der Waals surface area (Å²) in [6.45, 7) is 2.03. The highest BCUT2D eigenvalue weighted by Crippen LogP contribution is 2.43. The number of benzene rings is 4. The zero-order valence-electron chi connectivity index (χ0n) is 22.0. The molecule has 9 heteroatoms. The van der Waals surface area contributed by atoms with Gasteiger partial charge in [-0.1, -0.05) is 56.2 Å². The van der Waals surface area contributed by atoms with E-state index in [0.29, 0.717) is 24.3 Å². The Kier molecular flexibility index (Phi) is 7.99. The number of fused-ring (bicyclic) bond motifs is 1. The molecule has 0 unspecified atom stereocenters. The Morgan fingerprint density at radius 1 is 0.683 bits per heavy atom. The van der Waals surface area contributed by atoms with Crippen molar-refractivity contribution in [2.24, 2.45) is 11.8 Å². The van der Waals surface area contributed by atoms with E-state index >= 15 is 8.78 Å². The lowest BCUT2D eigenvalue weighted by Gasteiger charge is -2.33. The van der Waals surface area contributed by atoms with Crippen LogP contribution in [0, 0.1) is 46.7 Å². The molecule has 0 bridgehead atoms. The number of hydrogen-bond acceptors (Lipinski definition) is 1. The molecule has 0 heterocycles. The van der Waals surface area contributed by atoms with Gasteiger partial charge in [0.1, 0.15) is 5.82 Å². The highest BCUT2D eigenvalue weighted by Gasteiger charge is 2.44. The fourth-order valence-corrected chi connectivity index (χ4v) is 5.64. The molecule has 0 amide bonds. The van der Waals surface area contributed by atoms with Crippen LogP contribution in [-0.4, -0.2) is 6.11 Å². The van der Waals surface area contributed by atoms with Gasteiger partial charge >= 0.3 is 6.11 Å². The third-order valence-corrected chi connectivity index (χ3v) is 7.87. The van der Waals surface area contributed by atoms with Gasteiger partial charge < -0.3 is 4.74 Å². The summed E-state index contributed by atoms with van der Waals surface area (Å²) >= 11 is 0.